The summed E-state index contributed by atoms with van der Waals surface area (Å²) in [4.78, 5) is 0. The van der Waals surface area contributed by atoms with E-state index >= 15 is 0 Å². The molecule has 0 spiro atoms. The van der Waals surface area contributed by atoms with Crippen LogP contribution in [0.15, 0.2) is 21.7 Å². The van der Waals surface area contributed by atoms with Gasteiger partial charge < -0.3 is 5.11 Å². The molecule has 0 unspecified atom stereocenters. The Morgan fingerprint density at radius 3 is 1.83 bits per heavy atom. The Labute approximate surface area is 117 Å². The van der Waals surface area contributed by atoms with Crippen LogP contribution in [0.4, 0.5) is 0 Å². The number of rotatable bonds is 1. The standard InChI is InChI=1S/C8H16N2O.K/c1-6(7(2)11)9-10-8(3,4)5;/h11H,1-5H3;/q;+1/p-1. The van der Waals surface area contributed by atoms with Gasteiger partial charge >= 0.3 is 51.4 Å². The number of hydrogen-bond acceptors (Lipinski definition) is 3. The quantitative estimate of drug-likeness (QED) is 0.295. The van der Waals surface area contributed by atoms with Crippen molar-refractivity contribution in [2.45, 2.75) is 40.2 Å². The summed E-state index contributed by atoms with van der Waals surface area (Å²) in [6.45, 7) is 8.95. The molecule has 0 aromatic rings. The largest absolute Gasteiger partial charge is 1.00 e. The molecule has 0 aromatic carbocycles. The minimum Gasteiger partial charge on any atom is -0.874 e. The molecule has 0 aromatic heterocycles. The van der Waals surface area contributed by atoms with Gasteiger partial charge in [-0.1, -0.05) is 6.92 Å². The maximum atomic E-state index is 10.7. The molecule has 0 rings (SSSR count). The van der Waals surface area contributed by atoms with E-state index in [0.717, 1.165) is 0 Å². The summed E-state index contributed by atoms with van der Waals surface area (Å²) in [6.07, 6.45) is 0. The monoisotopic (exact) mass is 194 g/mol. The van der Waals surface area contributed by atoms with Gasteiger partial charge in [0.05, 0.1) is 5.54 Å². The van der Waals surface area contributed by atoms with Gasteiger partial charge in [0, 0.05) is 5.70 Å². The van der Waals surface area contributed by atoms with E-state index in [4.69, 9.17) is 0 Å². The average molecular weight is 194 g/mol. The van der Waals surface area contributed by atoms with Gasteiger partial charge in [-0.15, -0.1) is 5.76 Å². The van der Waals surface area contributed by atoms with Crippen LogP contribution in [0.5, 0.6) is 0 Å². The van der Waals surface area contributed by atoms with E-state index in [2.05, 4.69) is 10.2 Å². The van der Waals surface area contributed by atoms with Crippen molar-refractivity contribution in [3.8, 4) is 0 Å². The number of azo groups is 1. The molecule has 0 bridgehead atoms. The smallest absolute Gasteiger partial charge is 0.874 e. The Kier molecular flexibility index (Phi) is 7.96. The van der Waals surface area contributed by atoms with Gasteiger partial charge in [-0.3, -0.25) is 0 Å². The van der Waals surface area contributed by atoms with E-state index in [-0.39, 0.29) is 62.7 Å². The fraction of sp³-hybridized carbons (Fsp3) is 0.750. The molecule has 0 N–H and O–H groups in total. The van der Waals surface area contributed by atoms with Gasteiger partial charge in [-0.05, 0) is 27.7 Å². The molecule has 0 aliphatic heterocycles. The molecule has 4 heteroatoms. The summed E-state index contributed by atoms with van der Waals surface area (Å²) in [5, 5.41) is 18.4. The predicted molar refractivity (Wildman–Crippen MR) is 43.0 cm³/mol. The average Bonchev–Trinajstić information content (AvgIpc) is 1.80. The van der Waals surface area contributed by atoms with Crippen molar-refractivity contribution in [1.29, 1.82) is 0 Å². The molecule has 0 heterocycles. The summed E-state index contributed by atoms with van der Waals surface area (Å²) in [5.41, 5.74) is 0.261. The van der Waals surface area contributed by atoms with E-state index < -0.39 is 0 Å². The summed E-state index contributed by atoms with van der Waals surface area (Å²) in [5.74, 6) is -0.0296. The maximum absolute atomic E-state index is 10.7. The molecule has 0 aliphatic carbocycles. The van der Waals surface area contributed by atoms with Crippen LogP contribution in [0, 0.1) is 0 Å². The molecule has 0 fully saturated rings. The summed E-state index contributed by atoms with van der Waals surface area (Å²) in [7, 11) is 0. The van der Waals surface area contributed by atoms with Crippen molar-refractivity contribution >= 4 is 0 Å². The topological polar surface area (TPSA) is 47.8 Å². The van der Waals surface area contributed by atoms with E-state index in [0.29, 0.717) is 5.70 Å². The molecule has 0 aliphatic rings. The van der Waals surface area contributed by atoms with Crippen molar-refractivity contribution in [2.24, 2.45) is 10.2 Å². The van der Waals surface area contributed by atoms with Crippen LogP contribution in [0.1, 0.15) is 34.6 Å². The third-order valence-corrected chi connectivity index (χ3v) is 1.01. The minimum atomic E-state index is -0.198. The third kappa shape index (κ3) is 8.87. The predicted octanol–water partition coefficient (Wildman–Crippen LogP) is -1.15. The minimum absolute atomic E-state index is 0. The molecule has 0 radical (unpaired) electrons. The van der Waals surface area contributed by atoms with Gasteiger partial charge in [0.25, 0.3) is 0 Å². The van der Waals surface area contributed by atoms with Crippen LogP contribution in [-0.2, 0) is 0 Å². The SMILES string of the molecule is CC([O-])=C(C)N=NC(C)(C)C.[K+]. The molecule has 0 saturated heterocycles. The fourth-order valence-electron chi connectivity index (χ4n) is 0.295. The first-order valence-corrected chi connectivity index (χ1v) is 3.60. The van der Waals surface area contributed by atoms with Crippen LogP contribution >= 0.6 is 0 Å². The Hall–Kier alpha value is 0.776. The van der Waals surface area contributed by atoms with Gasteiger partial charge in [0.1, 0.15) is 0 Å². The maximum Gasteiger partial charge on any atom is 1.00 e. The van der Waals surface area contributed by atoms with Crippen LogP contribution < -0.4 is 56.5 Å². The number of allylic oxidation sites excluding steroid dienone is 2. The molecule has 12 heavy (non-hydrogen) atoms. The zero-order chi connectivity index (χ0) is 9.07. The molecule has 3 nitrogen and oxygen atoms in total. The molecule has 64 valence electrons. The van der Waals surface area contributed by atoms with Crippen molar-refractivity contribution in [2.75, 3.05) is 0 Å². The zero-order valence-corrected chi connectivity index (χ0v) is 11.9. The normalized spacial score (nSPS) is 14.1. The zero-order valence-electron chi connectivity index (χ0n) is 8.80. The van der Waals surface area contributed by atoms with Crippen molar-refractivity contribution in [3.05, 3.63) is 11.5 Å². The second kappa shape index (κ2) is 6.26. The molecule has 0 atom stereocenters. The van der Waals surface area contributed by atoms with Gasteiger partial charge in [-0.2, -0.15) is 10.2 Å². The first-order valence-electron chi connectivity index (χ1n) is 3.60. The van der Waals surface area contributed by atoms with Gasteiger partial charge in [0.2, 0.25) is 0 Å². The Balaban J connectivity index is 0. The second-order valence-corrected chi connectivity index (χ2v) is 3.51. The first-order chi connectivity index (χ1) is 4.83. The van der Waals surface area contributed by atoms with E-state index in [1.165, 1.54) is 6.92 Å². The van der Waals surface area contributed by atoms with Crippen LogP contribution in [0.2, 0.25) is 0 Å². The van der Waals surface area contributed by atoms with Crippen molar-refractivity contribution in [1.82, 2.24) is 0 Å². The summed E-state index contributed by atoms with van der Waals surface area (Å²) in [6, 6.07) is 0. The van der Waals surface area contributed by atoms with Crippen LogP contribution in [0.3, 0.4) is 0 Å². The molecule has 0 amide bonds. The van der Waals surface area contributed by atoms with Crippen molar-refractivity contribution in [3.63, 3.8) is 0 Å². The van der Waals surface area contributed by atoms with Crippen LogP contribution in [0.25, 0.3) is 0 Å². The Morgan fingerprint density at radius 1 is 1.17 bits per heavy atom. The van der Waals surface area contributed by atoms with Crippen LogP contribution in [-0.4, -0.2) is 5.54 Å². The second-order valence-electron chi connectivity index (χ2n) is 3.51. The van der Waals surface area contributed by atoms with Gasteiger partial charge in [0.15, 0.2) is 0 Å². The van der Waals surface area contributed by atoms with E-state index in [1.807, 2.05) is 20.8 Å². The summed E-state index contributed by atoms with van der Waals surface area (Å²) >= 11 is 0. The Bertz CT molecular complexity index is 188. The first kappa shape index (κ1) is 15.3. The molecular formula is C8H15KN2O. The van der Waals surface area contributed by atoms with Crippen molar-refractivity contribution < 1.29 is 56.5 Å². The van der Waals surface area contributed by atoms with Gasteiger partial charge in [-0.25, -0.2) is 0 Å². The Morgan fingerprint density at radius 2 is 1.58 bits per heavy atom. The van der Waals surface area contributed by atoms with E-state index in [1.54, 1.807) is 6.92 Å². The fourth-order valence-corrected chi connectivity index (χ4v) is 0.295. The summed E-state index contributed by atoms with van der Waals surface area (Å²) < 4.78 is 0. The van der Waals surface area contributed by atoms with E-state index in [9.17, 15) is 5.11 Å². The number of nitrogens with zero attached hydrogens (tertiary/aromatic N) is 2. The molecular weight excluding hydrogens is 179 g/mol. The third-order valence-electron chi connectivity index (χ3n) is 1.01. The molecule has 0 saturated carbocycles. The number of hydrogen-bond donors (Lipinski definition) is 0.